The molecule has 1 heterocycles. The number of carboxylic acid groups (broad SMARTS) is 2. The lowest BCUT2D eigenvalue weighted by Gasteiger charge is -2.05. The van der Waals surface area contributed by atoms with Crippen molar-refractivity contribution >= 4 is 28.6 Å². The quantitative estimate of drug-likeness (QED) is 0.504. The van der Waals surface area contributed by atoms with E-state index in [1.54, 1.807) is 0 Å². The normalized spacial score (nSPS) is 10.0. The summed E-state index contributed by atoms with van der Waals surface area (Å²) >= 11 is 0. The molecular formula is C14H17NO5. The van der Waals surface area contributed by atoms with Crippen molar-refractivity contribution < 1.29 is 24.2 Å². The van der Waals surface area contributed by atoms with Crippen LogP contribution in [0.25, 0.3) is 11.0 Å². The van der Waals surface area contributed by atoms with E-state index in [1.807, 2.05) is 20.8 Å². The first-order chi connectivity index (χ1) is 9.16. The number of hydrogen-bond acceptors (Lipinski definition) is 4. The van der Waals surface area contributed by atoms with Crippen LogP contribution >= 0.6 is 0 Å². The number of rotatable bonds is 0. The van der Waals surface area contributed by atoms with Crippen molar-refractivity contribution in [3.8, 4) is 0 Å². The van der Waals surface area contributed by atoms with Crippen molar-refractivity contribution in [1.29, 1.82) is 0 Å². The number of hydrogen-bond donors (Lipinski definition) is 3. The van der Waals surface area contributed by atoms with Gasteiger partial charge in [0.1, 0.15) is 11.3 Å². The summed E-state index contributed by atoms with van der Waals surface area (Å²) in [6.07, 6.45) is 0. The Bertz CT molecular complexity index is 673. The van der Waals surface area contributed by atoms with Gasteiger partial charge in [-0.2, -0.15) is 0 Å². The summed E-state index contributed by atoms with van der Waals surface area (Å²) in [5.74, 6) is -2.69. The Morgan fingerprint density at radius 2 is 1.55 bits per heavy atom. The monoisotopic (exact) mass is 279 g/mol. The first kappa shape index (κ1) is 15.6. The van der Waals surface area contributed by atoms with Gasteiger partial charge in [-0.15, -0.1) is 0 Å². The fourth-order valence-electron chi connectivity index (χ4n) is 1.79. The van der Waals surface area contributed by atoms with E-state index >= 15 is 0 Å². The number of carboxylic acids is 2. The highest BCUT2D eigenvalue weighted by atomic mass is 16.4. The fraction of sp³-hybridized carbons (Fsp3) is 0.286. The van der Waals surface area contributed by atoms with Crippen LogP contribution in [-0.2, 0) is 9.59 Å². The molecule has 0 unspecified atom stereocenters. The van der Waals surface area contributed by atoms with Crippen molar-refractivity contribution in [3.63, 3.8) is 0 Å². The molecule has 0 aliphatic heterocycles. The zero-order chi connectivity index (χ0) is 15.6. The minimum absolute atomic E-state index is 0.856. The molecule has 0 aliphatic rings. The van der Waals surface area contributed by atoms with E-state index < -0.39 is 11.9 Å². The molecule has 0 aliphatic carbocycles. The van der Waals surface area contributed by atoms with Crippen molar-refractivity contribution in [2.24, 2.45) is 0 Å². The Hall–Kier alpha value is -2.50. The van der Waals surface area contributed by atoms with Crippen LogP contribution in [0.3, 0.4) is 0 Å². The summed E-state index contributed by atoms with van der Waals surface area (Å²) in [6.45, 7) is 8.12. The van der Waals surface area contributed by atoms with Crippen LogP contribution in [0.2, 0.25) is 0 Å². The zero-order valence-corrected chi connectivity index (χ0v) is 11.8. The number of fused-ring (bicyclic) bond motifs is 1. The van der Waals surface area contributed by atoms with Gasteiger partial charge >= 0.3 is 11.9 Å². The van der Waals surface area contributed by atoms with Crippen LogP contribution in [0.4, 0.5) is 5.69 Å². The highest BCUT2D eigenvalue weighted by Gasteiger charge is 2.12. The molecule has 0 spiro atoms. The number of benzene rings is 1. The van der Waals surface area contributed by atoms with E-state index in [0.29, 0.717) is 0 Å². The molecular weight excluding hydrogens is 262 g/mol. The van der Waals surface area contributed by atoms with Crippen LogP contribution in [0.5, 0.6) is 0 Å². The van der Waals surface area contributed by atoms with Gasteiger partial charge in [-0.25, -0.2) is 9.59 Å². The van der Waals surface area contributed by atoms with Gasteiger partial charge in [0.2, 0.25) is 0 Å². The second-order valence-electron chi connectivity index (χ2n) is 4.50. The summed E-state index contributed by atoms with van der Waals surface area (Å²) in [4.78, 5) is 18.2. The van der Waals surface area contributed by atoms with Gasteiger partial charge in [0, 0.05) is 16.6 Å². The number of furan rings is 1. The van der Waals surface area contributed by atoms with Gasteiger partial charge in [0.15, 0.2) is 0 Å². The molecule has 6 nitrogen and oxygen atoms in total. The predicted octanol–water partition coefficient (Wildman–Crippen LogP) is 2.40. The Kier molecular flexibility index (Phi) is 4.39. The fourth-order valence-corrected chi connectivity index (χ4v) is 1.79. The third kappa shape index (κ3) is 2.90. The largest absolute Gasteiger partial charge is 0.473 e. The van der Waals surface area contributed by atoms with Crippen molar-refractivity contribution in [1.82, 2.24) is 0 Å². The third-order valence-electron chi connectivity index (χ3n) is 3.21. The molecule has 20 heavy (non-hydrogen) atoms. The van der Waals surface area contributed by atoms with Crippen LogP contribution in [-0.4, -0.2) is 22.2 Å². The maximum Gasteiger partial charge on any atom is 0.414 e. The van der Waals surface area contributed by atoms with Crippen molar-refractivity contribution in [2.45, 2.75) is 27.7 Å². The SMILES string of the molecule is Cc1cc2oc(C)c(C)c2c(N)c1C.O=C(O)C(=O)O. The molecule has 6 heteroatoms. The maximum atomic E-state index is 9.10. The topological polar surface area (TPSA) is 114 Å². The number of nitrogen functional groups attached to an aromatic ring is 1. The van der Waals surface area contributed by atoms with Gasteiger partial charge in [0.05, 0.1) is 0 Å². The number of carbonyl (C=O) groups is 2. The molecule has 0 amide bonds. The minimum Gasteiger partial charge on any atom is -0.473 e. The molecule has 108 valence electrons. The zero-order valence-electron chi connectivity index (χ0n) is 11.8. The molecule has 0 bridgehead atoms. The second-order valence-corrected chi connectivity index (χ2v) is 4.50. The molecule has 0 saturated carbocycles. The second kappa shape index (κ2) is 5.64. The number of nitrogens with two attached hydrogens (primary N) is 1. The Morgan fingerprint density at radius 1 is 1.05 bits per heavy atom. The number of anilines is 1. The molecule has 0 atom stereocenters. The highest BCUT2D eigenvalue weighted by Crippen LogP contribution is 2.33. The molecule has 0 saturated heterocycles. The first-order valence-corrected chi connectivity index (χ1v) is 5.88. The molecule has 2 rings (SSSR count). The average Bonchev–Trinajstić information content (AvgIpc) is 2.63. The molecule has 0 radical (unpaired) electrons. The first-order valence-electron chi connectivity index (χ1n) is 5.88. The molecule has 1 aromatic carbocycles. The summed E-state index contributed by atoms with van der Waals surface area (Å²) in [6, 6.07) is 2.06. The van der Waals surface area contributed by atoms with Crippen LogP contribution in [0, 0.1) is 27.7 Å². The minimum atomic E-state index is -1.82. The highest BCUT2D eigenvalue weighted by molar-refractivity contribution is 6.27. The maximum absolute atomic E-state index is 9.10. The average molecular weight is 279 g/mol. The Morgan fingerprint density at radius 3 is 2.00 bits per heavy atom. The van der Waals surface area contributed by atoms with Crippen molar-refractivity contribution in [3.05, 3.63) is 28.5 Å². The van der Waals surface area contributed by atoms with E-state index in [-0.39, 0.29) is 0 Å². The van der Waals surface area contributed by atoms with Crippen molar-refractivity contribution in [2.75, 3.05) is 5.73 Å². The van der Waals surface area contributed by atoms with Crippen LogP contribution in [0.1, 0.15) is 22.5 Å². The summed E-state index contributed by atoms with van der Waals surface area (Å²) < 4.78 is 5.64. The Balaban J connectivity index is 0.000000286. The standard InChI is InChI=1S/C12H15NO.C2H2O4/c1-6-5-10-11(12(13)7(6)2)8(3)9(4)14-10;3-1(4)2(5)6/h5H,13H2,1-4H3;(H,3,4)(H,5,6). The van der Waals surface area contributed by atoms with Gasteiger partial charge in [-0.1, -0.05) is 0 Å². The molecule has 0 fully saturated rings. The van der Waals surface area contributed by atoms with E-state index in [1.165, 1.54) is 5.56 Å². The van der Waals surface area contributed by atoms with Gasteiger partial charge in [-0.05, 0) is 44.9 Å². The summed E-state index contributed by atoms with van der Waals surface area (Å²) in [7, 11) is 0. The van der Waals surface area contributed by atoms with E-state index in [2.05, 4.69) is 13.0 Å². The molecule has 1 aromatic heterocycles. The molecule has 2 aromatic rings. The van der Waals surface area contributed by atoms with Crippen LogP contribution in [0.15, 0.2) is 10.5 Å². The number of aliphatic carboxylic acids is 2. The van der Waals surface area contributed by atoms with E-state index in [4.69, 9.17) is 30.0 Å². The van der Waals surface area contributed by atoms with Gasteiger partial charge in [0.25, 0.3) is 0 Å². The van der Waals surface area contributed by atoms with E-state index in [9.17, 15) is 0 Å². The molecule has 4 N–H and O–H groups in total. The number of aryl methyl sites for hydroxylation is 3. The Labute approximate surface area is 115 Å². The van der Waals surface area contributed by atoms with Gasteiger partial charge < -0.3 is 20.4 Å². The lowest BCUT2D eigenvalue weighted by molar-refractivity contribution is -0.159. The summed E-state index contributed by atoms with van der Waals surface area (Å²) in [5.41, 5.74) is 11.3. The summed E-state index contributed by atoms with van der Waals surface area (Å²) in [5, 5.41) is 15.9. The van der Waals surface area contributed by atoms with E-state index in [0.717, 1.165) is 33.5 Å². The third-order valence-corrected chi connectivity index (χ3v) is 3.21. The smallest absolute Gasteiger partial charge is 0.414 e. The van der Waals surface area contributed by atoms with Gasteiger partial charge in [-0.3, -0.25) is 0 Å². The predicted molar refractivity (Wildman–Crippen MR) is 74.8 cm³/mol. The lowest BCUT2D eigenvalue weighted by atomic mass is 10.0. The van der Waals surface area contributed by atoms with Crippen LogP contribution < -0.4 is 5.73 Å². The lowest BCUT2D eigenvalue weighted by Crippen LogP contribution is -2.09.